The molecule has 0 fully saturated rings. The van der Waals surface area contributed by atoms with Crippen molar-refractivity contribution in [2.24, 2.45) is 0 Å². The Balaban J connectivity index is 1.66. The standard InChI is InChI=1S/C24H22N2O4/c27-23-19-9-3-5-11-21(19)29-15-17-7-1-2-8-18(17)16-30-22-12-6-4-10-20(22)24(28)26-14-13-25-23/h1-12H,13-16H2,(H,25,27)(H,26,28). The minimum absolute atomic E-state index is 0.246. The fraction of sp³-hybridized carbons (Fsp3) is 0.167. The average Bonchev–Trinajstić information content (AvgIpc) is 2.79. The predicted octanol–water partition coefficient (Wildman–Crippen LogP) is 3.32. The van der Waals surface area contributed by atoms with E-state index in [0.29, 0.717) is 48.9 Å². The number of ether oxygens (including phenoxy) is 2. The Morgan fingerprint density at radius 2 is 0.967 bits per heavy atom. The van der Waals surface area contributed by atoms with Crippen molar-refractivity contribution >= 4 is 11.8 Å². The highest BCUT2D eigenvalue weighted by Crippen LogP contribution is 2.23. The van der Waals surface area contributed by atoms with E-state index >= 15 is 0 Å². The highest BCUT2D eigenvalue weighted by molar-refractivity contribution is 5.98. The van der Waals surface area contributed by atoms with E-state index in [-0.39, 0.29) is 11.8 Å². The Labute approximate surface area is 174 Å². The van der Waals surface area contributed by atoms with Crippen LogP contribution < -0.4 is 20.1 Å². The van der Waals surface area contributed by atoms with Crippen molar-refractivity contribution < 1.29 is 19.1 Å². The first-order valence-corrected chi connectivity index (χ1v) is 9.79. The molecule has 0 bridgehead atoms. The van der Waals surface area contributed by atoms with Gasteiger partial charge in [0.05, 0.1) is 11.1 Å². The van der Waals surface area contributed by atoms with Gasteiger partial charge in [-0.15, -0.1) is 0 Å². The van der Waals surface area contributed by atoms with Crippen LogP contribution in [0, 0.1) is 0 Å². The van der Waals surface area contributed by atoms with Crippen molar-refractivity contribution in [2.75, 3.05) is 13.1 Å². The zero-order valence-electron chi connectivity index (χ0n) is 16.4. The van der Waals surface area contributed by atoms with E-state index in [1.807, 2.05) is 36.4 Å². The lowest BCUT2D eigenvalue weighted by molar-refractivity contribution is 0.0922. The summed E-state index contributed by atoms with van der Waals surface area (Å²) in [4.78, 5) is 25.2. The third-order valence-electron chi connectivity index (χ3n) is 4.84. The van der Waals surface area contributed by atoms with E-state index in [4.69, 9.17) is 9.47 Å². The minimum Gasteiger partial charge on any atom is -0.488 e. The molecule has 30 heavy (non-hydrogen) atoms. The van der Waals surface area contributed by atoms with E-state index < -0.39 is 0 Å². The van der Waals surface area contributed by atoms with Gasteiger partial charge in [0.2, 0.25) is 0 Å². The molecule has 1 aliphatic heterocycles. The second kappa shape index (κ2) is 9.13. The first-order valence-electron chi connectivity index (χ1n) is 9.79. The molecular weight excluding hydrogens is 380 g/mol. The number of fused-ring (bicyclic) bond motifs is 3. The number of benzene rings is 3. The molecular formula is C24H22N2O4. The summed E-state index contributed by atoms with van der Waals surface area (Å²) < 4.78 is 12.0. The highest BCUT2D eigenvalue weighted by atomic mass is 16.5. The quantitative estimate of drug-likeness (QED) is 0.605. The number of carbonyl (C=O) groups excluding carboxylic acids is 2. The van der Waals surface area contributed by atoms with Crippen molar-refractivity contribution in [1.29, 1.82) is 0 Å². The van der Waals surface area contributed by atoms with Crippen molar-refractivity contribution in [3.63, 3.8) is 0 Å². The lowest BCUT2D eigenvalue weighted by Crippen LogP contribution is -2.35. The maximum Gasteiger partial charge on any atom is 0.255 e. The molecule has 0 aliphatic carbocycles. The molecule has 0 saturated carbocycles. The zero-order chi connectivity index (χ0) is 20.8. The molecule has 0 radical (unpaired) electrons. The van der Waals surface area contributed by atoms with Gasteiger partial charge in [-0.05, 0) is 35.4 Å². The Hall–Kier alpha value is -3.80. The second-order valence-corrected chi connectivity index (χ2v) is 6.85. The second-order valence-electron chi connectivity index (χ2n) is 6.85. The van der Waals surface area contributed by atoms with Crippen molar-refractivity contribution in [3.05, 3.63) is 95.1 Å². The maximum absolute atomic E-state index is 12.6. The van der Waals surface area contributed by atoms with Crippen molar-refractivity contribution in [3.8, 4) is 11.5 Å². The van der Waals surface area contributed by atoms with Crippen molar-refractivity contribution in [2.45, 2.75) is 13.2 Å². The third kappa shape index (κ3) is 4.43. The van der Waals surface area contributed by atoms with Crippen LogP contribution in [0.4, 0.5) is 0 Å². The van der Waals surface area contributed by atoms with Gasteiger partial charge in [-0.25, -0.2) is 0 Å². The topological polar surface area (TPSA) is 76.7 Å². The number of carbonyl (C=O) groups is 2. The summed E-state index contributed by atoms with van der Waals surface area (Å²) in [6, 6.07) is 22.0. The van der Waals surface area contributed by atoms with E-state index in [1.54, 1.807) is 36.4 Å². The number of hydrogen-bond acceptors (Lipinski definition) is 4. The number of para-hydroxylation sites is 2. The zero-order valence-corrected chi connectivity index (χ0v) is 16.4. The van der Waals surface area contributed by atoms with Crippen LogP contribution in [-0.4, -0.2) is 24.9 Å². The summed E-state index contributed by atoms with van der Waals surface area (Å²) in [5.74, 6) is 0.521. The van der Waals surface area contributed by atoms with Crippen LogP contribution in [-0.2, 0) is 13.2 Å². The Bertz CT molecular complexity index is 980. The summed E-state index contributed by atoms with van der Waals surface area (Å²) in [6.45, 7) is 1.19. The van der Waals surface area contributed by atoms with Gasteiger partial charge in [0.15, 0.2) is 0 Å². The highest BCUT2D eigenvalue weighted by Gasteiger charge is 2.15. The van der Waals surface area contributed by atoms with E-state index in [0.717, 1.165) is 11.1 Å². The molecule has 0 atom stereocenters. The number of nitrogens with one attached hydrogen (secondary N) is 2. The van der Waals surface area contributed by atoms with Gasteiger partial charge in [0.25, 0.3) is 11.8 Å². The van der Waals surface area contributed by atoms with Crippen LogP contribution in [0.2, 0.25) is 0 Å². The monoisotopic (exact) mass is 402 g/mol. The van der Waals surface area contributed by atoms with E-state index in [9.17, 15) is 9.59 Å². The number of hydrogen-bond donors (Lipinski definition) is 2. The number of amides is 2. The summed E-state index contributed by atoms with van der Waals surface area (Å²) in [6.07, 6.45) is 0. The normalized spacial score (nSPS) is 14.7. The van der Waals surface area contributed by atoms with E-state index in [2.05, 4.69) is 10.6 Å². The molecule has 2 N–H and O–H groups in total. The summed E-state index contributed by atoms with van der Waals surface area (Å²) in [7, 11) is 0. The third-order valence-corrected chi connectivity index (χ3v) is 4.84. The van der Waals surface area contributed by atoms with Crippen LogP contribution in [0.1, 0.15) is 31.8 Å². The van der Waals surface area contributed by atoms with Crippen LogP contribution in [0.15, 0.2) is 72.8 Å². The predicted molar refractivity (Wildman–Crippen MR) is 113 cm³/mol. The fourth-order valence-corrected chi connectivity index (χ4v) is 3.25. The lowest BCUT2D eigenvalue weighted by atomic mass is 10.1. The molecule has 3 aromatic carbocycles. The molecule has 0 saturated heterocycles. The van der Waals surface area contributed by atoms with Crippen LogP contribution in [0.5, 0.6) is 11.5 Å². The smallest absolute Gasteiger partial charge is 0.255 e. The Morgan fingerprint density at radius 3 is 1.43 bits per heavy atom. The van der Waals surface area contributed by atoms with Gasteiger partial charge in [0.1, 0.15) is 24.7 Å². The summed E-state index contributed by atoms with van der Waals surface area (Å²) in [5, 5.41) is 5.64. The first-order chi connectivity index (χ1) is 14.7. The Kier molecular flexibility index (Phi) is 5.94. The lowest BCUT2D eigenvalue weighted by Gasteiger charge is -2.16. The van der Waals surface area contributed by atoms with Crippen LogP contribution in [0.3, 0.4) is 0 Å². The molecule has 6 nitrogen and oxygen atoms in total. The molecule has 6 heteroatoms. The van der Waals surface area contributed by atoms with Crippen molar-refractivity contribution in [1.82, 2.24) is 10.6 Å². The average molecular weight is 402 g/mol. The molecule has 3 aromatic rings. The molecule has 152 valence electrons. The molecule has 2 amide bonds. The molecule has 1 heterocycles. The Morgan fingerprint density at radius 1 is 0.567 bits per heavy atom. The van der Waals surface area contributed by atoms with Gasteiger partial charge in [-0.2, -0.15) is 0 Å². The largest absolute Gasteiger partial charge is 0.488 e. The minimum atomic E-state index is -0.246. The fourth-order valence-electron chi connectivity index (χ4n) is 3.25. The van der Waals surface area contributed by atoms with Crippen LogP contribution >= 0.6 is 0 Å². The van der Waals surface area contributed by atoms with Crippen LogP contribution in [0.25, 0.3) is 0 Å². The molecule has 0 unspecified atom stereocenters. The summed E-state index contributed by atoms with van der Waals surface area (Å²) >= 11 is 0. The number of rotatable bonds is 0. The first kappa shape index (κ1) is 19.5. The molecule has 4 rings (SSSR count). The molecule has 0 spiro atoms. The maximum atomic E-state index is 12.6. The van der Waals surface area contributed by atoms with Gasteiger partial charge >= 0.3 is 0 Å². The molecule has 1 aliphatic rings. The van der Waals surface area contributed by atoms with Gasteiger partial charge < -0.3 is 20.1 Å². The van der Waals surface area contributed by atoms with Gasteiger partial charge in [-0.3, -0.25) is 9.59 Å². The van der Waals surface area contributed by atoms with E-state index in [1.165, 1.54) is 0 Å². The molecule has 0 aromatic heterocycles. The van der Waals surface area contributed by atoms with Gasteiger partial charge in [-0.1, -0.05) is 48.5 Å². The van der Waals surface area contributed by atoms with Gasteiger partial charge in [0, 0.05) is 13.1 Å². The SMILES string of the molecule is O=C1NCCNC(=O)c2ccccc2OCc2ccccc2COc2ccccc21. The summed E-state index contributed by atoms with van der Waals surface area (Å²) in [5.41, 5.74) is 2.80.